The van der Waals surface area contributed by atoms with Gasteiger partial charge in [-0.25, -0.2) is 4.79 Å². The van der Waals surface area contributed by atoms with Crippen molar-refractivity contribution in [2.45, 2.75) is 46.6 Å². The molecule has 2 unspecified atom stereocenters. The minimum Gasteiger partial charge on any atom is -0.457 e. The monoisotopic (exact) mass is 267 g/mol. The zero-order chi connectivity index (χ0) is 14.6. The molecule has 0 aliphatic carbocycles. The number of carbonyl (C=O) groups excluding carboxylic acids is 2. The molecular formula is C14H21NO4. The van der Waals surface area contributed by atoms with E-state index in [1.54, 1.807) is 13.8 Å². The predicted octanol–water partition coefficient (Wildman–Crippen LogP) is 1.64. The number of esters is 1. The third-order valence-corrected chi connectivity index (χ3v) is 3.36. The minimum absolute atomic E-state index is 0.00625. The molecule has 2 atom stereocenters. The number of hydrogen-bond donors (Lipinski definition) is 1. The van der Waals surface area contributed by atoms with Crippen molar-refractivity contribution in [3.8, 4) is 0 Å². The maximum Gasteiger partial charge on any atom is 0.336 e. The van der Waals surface area contributed by atoms with Gasteiger partial charge in [0.15, 0.2) is 0 Å². The summed E-state index contributed by atoms with van der Waals surface area (Å²) in [6.45, 7) is 6.65. The fourth-order valence-corrected chi connectivity index (χ4v) is 2.05. The van der Waals surface area contributed by atoms with Gasteiger partial charge in [-0.2, -0.15) is 0 Å². The number of aliphatic hydroxyl groups excluding tert-OH is 1. The first-order valence-electron chi connectivity index (χ1n) is 6.47. The highest BCUT2D eigenvalue weighted by molar-refractivity contribution is 6.06. The van der Waals surface area contributed by atoms with Crippen molar-refractivity contribution in [1.82, 2.24) is 0 Å². The molecule has 0 fully saturated rings. The van der Waals surface area contributed by atoms with Gasteiger partial charge in [-0.15, -0.1) is 0 Å². The summed E-state index contributed by atoms with van der Waals surface area (Å²) in [5.74, 6) is -0.838. The van der Waals surface area contributed by atoms with Gasteiger partial charge >= 0.3 is 5.97 Å². The van der Waals surface area contributed by atoms with Gasteiger partial charge in [0.2, 0.25) is 0 Å². The van der Waals surface area contributed by atoms with Gasteiger partial charge in [-0.05, 0) is 33.6 Å². The van der Waals surface area contributed by atoms with E-state index in [-0.39, 0.29) is 18.3 Å². The van der Waals surface area contributed by atoms with Crippen LogP contribution in [0.2, 0.25) is 0 Å². The second-order valence-electron chi connectivity index (χ2n) is 4.80. The van der Waals surface area contributed by atoms with Crippen LogP contribution in [-0.4, -0.2) is 35.3 Å². The van der Waals surface area contributed by atoms with Crippen LogP contribution in [0.4, 0.5) is 0 Å². The van der Waals surface area contributed by atoms with Crippen LogP contribution >= 0.6 is 0 Å². The number of rotatable bonds is 5. The van der Waals surface area contributed by atoms with E-state index in [1.807, 2.05) is 6.92 Å². The molecule has 0 spiro atoms. The van der Waals surface area contributed by atoms with Gasteiger partial charge in [0.05, 0.1) is 18.1 Å². The Morgan fingerprint density at radius 1 is 1.47 bits per heavy atom. The Labute approximate surface area is 113 Å². The van der Waals surface area contributed by atoms with E-state index in [9.17, 15) is 9.59 Å². The SMILES string of the molecule is CCC(CO)OC(=O)C1=C(C)N=C(C)C(C(C)=O)C1. The molecule has 0 bridgehead atoms. The first-order chi connectivity index (χ1) is 8.90. The number of ether oxygens (including phenoxy) is 1. The van der Waals surface area contributed by atoms with Crippen molar-refractivity contribution in [3.63, 3.8) is 0 Å². The first-order valence-corrected chi connectivity index (χ1v) is 6.47. The lowest BCUT2D eigenvalue weighted by Crippen LogP contribution is -2.29. The van der Waals surface area contributed by atoms with Crippen molar-refractivity contribution >= 4 is 17.5 Å². The molecule has 5 nitrogen and oxygen atoms in total. The third-order valence-electron chi connectivity index (χ3n) is 3.36. The van der Waals surface area contributed by atoms with E-state index >= 15 is 0 Å². The van der Waals surface area contributed by atoms with E-state index in [0.717, 1.165) is 5.71 Å². The Morgan fingerprint density at radius 2 is 2.11 bits per heavy atom. The average Bonchev–Trinajstić information content (AvgIpc) is 2.35. The highest BCUT2D eigenvalue weighted by atomic mass is 16.6. The maximum absolute atomic E-state index is 12.0. The van der Waals surface area contributed by atoms with Crippen LogP contribution in [0.1, 0.15) is 40.5 Å². The van der Waals surface area contributed by atoms with Crippen LogP contribution in [0.25, 0.3) is 0 Å². The normalized spacial score (nSPS) is 20.9. The van der Waals surface area contributed by atoms with Crippen LogP contribution in [0.3, 0.4) is 0 Å². The van der Waals surface area contributed by atoms with Crippen LogP contribution in [0.5, 0.6) is 0 Å². The summed E-state index contributed by atoms with van der Waals surface area (Å²) in [7, 11) is 0. The third kappa shape index (κ3) is 3.73. The van der Waals surface area contributed by atoms with E-state index in [2.05, 4.69) is 4.99 Å². The lowest BCUT2D eigenvalue weighted by molar-refractivity contribution is -0.146. The molecule has 1 aliphatic rings. The summed E-state index contributed by atoms with van der Waals surface area (Å²) >= 11 is 0. The summed E-state index contributed by atoms with van der Waals surface area (Å²) in [5, 5.41) is 9.05. The number of aliphatic hydroxyl groups is 1. The Balaban J connectivity index is 2.90. The summed E-state index contributed by atoms with van der Waals surface area (Å²) < 4.78 is 5.19. The topological polar surface area (TPSA) is 76.0 Å². The predicted molar refractivity (Wildman–Crippen MR) is 71.9 cm³/mol. The highest BCUT2D eigenvalue weighted by Crippen LogP contribution is 2.26. The number of hydrogen-bond acceptors (Lipinski definition) is 5. The number of ketones is 1. The molecule has 0 radical (unpaired) electrons. The highest BCUT2D eigenvalue weighted by Gasteiger charge is 2.29. The zero-order valence-corrected chi connectivity index (χ0v) is 11.9. The number of allylic oxidation sites excluding steroid dienone is 1. The molecule has 1 N–H and O–H groups in total. The first kappa shape index (κ1) is 15.6. The minimum atomic E-state index is -0.504. The Hall–Kier alpha value is -1.49. The lowest BCUT2D eigenvalue weighted by atomic mass is 9.88. The lowest BCUT2D eigenvalue weighted by Gasteiger charge is -2.23. The second-order valence-corrected chi connectivity index (χ2v) is 4.80. The summed E-state index contributed by atoms with van der Waals surface area (Å²) in [4.78, 5) is 27.8. The van der Waals surface area contributed by atoms with Crippen molar-refractivity contribution in [1.29, 1.82) is 0 Å². The second kappa shape index (κ2) is 6.61. The molecule has 5 heteroatoms. The Morgan fingerprint density at radius 3 is 2.58 bits per heavy atom. The molecule has 1 aliphatic heterocycles. The zero-order valence-electron chi connectivity index (χ0n) is 11.9. The van der Waals surface area contributed by atoms with Crippen molar-refractivity contribution in [2.75, 3.05) is 6.61 Å². The Kier molecular flexibility index (Phi) is 5.42. The molecule has 0 aromatic rings. The molecule has 1 rings (SSSR count). The van der Waals surface area contributed by atoms with Crippen LogP contribution < -0.4 is 0 Å². The summed E-state index contributed by atoms with van der Waals surface area (Å²) in [6, 6.07) is 0. The van der Waals surface area contributed by atoms with Gasteiger partial charge in [0.1, 0.15) is 11.9 Å². The molecule has 1 heterocycles. The number of aliphatic imine (C=N–C) groups is 1. The van der Waals surface area contributed by atoms with Crippen molar-refractivity contribution in [3.05, 3.63) is 11.3 Å². The number of carbonyl (C=O) groups is 2. The molecule has 0 aromatic carbocycles. The Bertz CT molecular complexity index is 433. The van der Waals surface area contributed by atoms with Crippen LogP contribution in [-0.2, 0) is 14.3 Å². The van der Waals surface area contributed by atoms with Gasteiger partial charge in [-0.3, -0.25) is 9.79 Å². The quantitative estimate of drug-likeness (QED) is 0.768. The number of nitrogens with zero attached hydrogens (tertiary/aromatic N) is 1. The van der Waals surface area contributed by atoms with Crippen molar-refractivity contribution in [2.24, 2.45) is 10.9 Å². The summed E-state index contributed by atoms with van der Waals surface area (Å²) in [5.41, 5.74) is 1.75. The van der Waals surface area contributed by atoms with Gasteiger partial charge in [0.25, 0.3) is 0 Å². The molecule has 19 heavy (non-hydrogen) atoms. The van der Waals surface area contributed by atoms with Gasteiger partial charge in [0, 0.05) is 11.4 Å². The smallest absolute Gasteiger partial charge is 0.336 e. The summed E-state index contributed by atoms with van der Waals surface area (Å²) in [6.07, 6.45) is 0.375. The molecule has 0 aromatic heterocycles. The molecular weight excluding hydrogens is 246 g/mol. The maximum atomic E-state index is 12.0. The standard InChI is InChI=1S/C14H21NO4/c1-5-11(7-16)19-14(18)13-6-12(10(4)17)8(2)15-9(13)3/h11-12,16H,5-7H2,1-4H3. The molecule has 0 amide bonds. The van der Waals surface area contributed by atoms with Crippen LogP contribution in [0.15, 0.2) is 16.3 Å². The van der Waals surface area contributed by atoms with E-state index in [4.69, 9.17) is 9.84 Å². The van der Waals surface area contributed by atoms with Crippen molar-refractivity contribution < 1.29 is 19.4 Å². The molecule has 0 saturated carbocycles. The average molecular weight is 267 g/mol. The van der Waals surface area contributed by atoms with E-state index in [0.29, 0.717) is 24.1 Å². The van der Waals surface area contributed by atoms with Crippen LogP contribution in [0, 0.1) is 5.92 Å². The fraction of sp³-hybridized carbons (Fsp3) is 0.643. The van der Waals surface area contributed by atoms with Gasteiger partial charge < -0.3 is 9.84 Å². The largest absolute Gasteiger partial charge is 0.457 e. The van der Waals surface area contributed by atoms with Gasteiger partial charge in [-0.1, -0.05) is 6.92 Å². The molecule has 106 valence electrons. The number of Topliss-reactive ketones (excluding diaryl/α,β-unsaturated/α-hetero) is 1. The van der Waals surface area contributed by atoms with E-state index < -0.39 is 12.1 Å². The fourth-order valence-electron chi connectivity index (χ4n) is 2.05. The molecule has 0 saturated heterocycles. The van der Waals surface area contributed by atoms with E-state index in [1.165, 1.54) is 6.92 Å².